The number of nitrogens with one attached hydrogen (secondary N) is 1. The minimum absolute atomic E-state index is 0.208. The molecule has 0 heterocycles. The lowest BCUT2D eigenvalue weighted by Gasteiger charge is -2.19. The molecule has 6 nitrogen and oxygen atoms in total. The summed E-state index contributed by atoms with van der Waals surface area (Å²) in [4.78, 5) is 18.8. The Kier molecular flexibility index (Phi) is 9.42. The van der Waals surface area contributed by atoms with Crippen LogP contribution in [0.25, 0.3) is 0 Å². The standard InChI is InChI=1S/C25H24FN3O3S2/c1-18-10-12-23(13-11-18)34-32-22-9-5-7-20(15-22)29(3)25(30)28-17-33-24(16-27-2)31-21-8-4-6-19(26)14-21/h4-16H,2,17H2,1,3H3,(H,28,30)/b24-16-. The molecule has 1 N–H and O–H groups in total. The fraction of sp³-hybridized carbons (Fsp3) is 0.120. The molecule has 34 heavy (non-hydrogen) atoms. The van der Waals surface area contributed by atoms with Gasteiger partial charge in [-0.05, 0) is 50.0 Å². The van der Waals surface area contributed by atoms with Crippen molar-refractivity contribution in [2.24, 2.45) is 4.99 Å². The minimum atomic E-state index is -0.410. The quantitative estimate of drug-likeness (QED) is 0.147. The molecule has 0 aliphatic rings. The molecule has 0 bridgehead atoms. The van der Waals surface area contributed by atoms with Gasteiger partial charge in [0, 0.05) is 29.8 Å². The summed E-state index contributed by atoms with van der Waals surface area (Å²) in [5, 5.41) is 3.16. The van der Waals surface area contributed by atoms with Gasteiger partial charge >= 0.3 is 6.03 Å². The Morgan fingerprint density at radius 3 is 2.59 bits per heavy atom. The fourth-order valence-corrected chi connectivity index (χ4v) is 3.84. The van der Waals surface area contributed by atoms with E-state index in [4.69, 9.17) is 8.92 Å². The number of nitrogens with zero attached hydrogens (tertiary/aromatic N) is 2. The summed E-state index contributed by atoms with van der Waals surface area (Å²) in [6.07, 6.45) is 1.40. The van der Waals surface area contributed by atoms with Gasteiger partial charge < -0.3 is 14.2 Å². The second-order valence-corrected chi connectivity index (χ2v) is 8.78. The molecule has 3 aromatic rings. The number of urea groups is 1. The smallest absolute Gasteiger partial charge is 0.322 e. The first-order valence-corrected chi connectivity index (χ1v) is 11.9. The van der Waals surface area contributed by atoms with Crippen molar-refractivity contribution in [1.29, 1.82) is 0 Å². The number of carbonyl (C=O) groups is 1. The molecule has 0 saturated carbocycles. The summed E-state index contributed by atoms with van der Waals surface area (Å²) in [5.41, 5.74) is 1.85. The van der Waals surface area contributed by atoms with Crippen LogP contribution in [0.15, 0.2) is 94.0 Å². The Morgan fingerprint density at radius 2 is 1.85 bits per heavy atom. The van der Waals surface area contributed by atoms with E-state index in [-0.39, 0.29) is 11.9 Å². The average Bonchev–Trinajstić information content (AvgIpc) is 2.83. The SMILES string of the molecule is C=N/C=C(/Oc1cccc(F)c1)SCNC(=O)N(C)c1cccc(OSc2ccc(C)cc2)c1. The maximum atomic E-state index is 13.4. The van der Waals surface area contributed by atoms with Gasteiger partial charge in [0.2, 0.25) is 0 Å². The lowest BCUT2D eigenvalue weighted by Crippen LogP contribution is -2.37. The summed E-state index contributed by atoms with van der Waals surface area (Å²) in [6.45, 7) is 5.45. The maximum absolute atomic E-state index is 13.4. The number of halogens is 1. The van der Waals surface area contributed by atoms with Crippen LogP contribution >= 0.6 is 23.8 Å². The summed E-state index contributed by atoms with van der Waals surface area (Å²) < 4.78 is 24.8. The van der Waals surface area contributed by atoms with Gasteiger partial charge in [0.25, 0.3) is 0 Å². The van der Waals surface area contributed by atoms with Crippen molar-refractivity contribution in [3.63, 3.8) is 0 Å². The maximum Gasteiger partial charge on any atom is 0.322 e. The molecule has 2 amide bonds. The van der Waals surface area contributed by atoms with Crippen LogP contribution in [0.3, 0.4) is 0 Å². The van der Waals surface area contributed by atoms with Gasteiger partial charge in [-0.1, -0.05) is 41.6 Å². The number of carbonyl (C=O) groups excluding carboxylic acids is 1. The van der Waals surface area contributed by atoms with Crippen LogP contribution < -0.4 is 19.1 Å². The van der Waals surface area contributed by atoms with Crippen molar-refractivity contribution in [1.82, 2.24) is 5.32 Å². The highest BCUT2D eigenvalue weighted by Gasteiger charge is 2.12. The highest BCUT2D eigenvalue weighted by atomic mass is 32.2. The predicted molar refractivity (Wildman–Crippen MR) is 138 cm³/mol. The van der Waals surface area contributed by atoms with E-state index < -0.39 is 5.82 Å². The Bertz CT molecular complexity index is 1160. The van der Waals surface area contributed by atoms with Crippen molar-refractivity contribution in [2.75, 3.05) is 17.8 Å². The van der Waals surface area contributed by atoms with Gasteiger partial charge in [0.15, 0.2) is 5.09 Å². The topological polar surface area (TPSA) is 63.2 Å². The molecule has 0 spiro atoms. The summed E-state index contributed by atoms with van der Waals surface area (Å²) in [5.74, 6) is 0.750. The summed E-state index contributed by atoms with van der Waals surface area (Å²) in [7, 11) is 1.66. The molecule has 0 fully saturated rings. The van der Waals surface area contributed by atoms with Crippen LogP contribution in [0, 0.1) is 12.7 Å². The van der Waals surface area contributed by atoms with Crippen molar-refractivity contribution in [2.45, 2.75) is 11.8 Å². The van der Waals surface area contributed by atoms with Crippen LogP contribution in [0.2, 0.25) is 0 Å². The van der Waals surface area contributed by atoms with E-state index in [0.717, 1.165) is 4.90 Å². The van der Waals surface area contributed by atoms with Crippen molar-refractivity contribution >= 4 is 42.2 Å². The van der Waals surface area contributed by atoms with Crippen molar-refractivity contribution in [3.05, 3.63) is 95.5 Å². The largest absolute Gasteiger partial charge is 0.449 e. The molecular formula is C25H24FN3O3S2. The monoisotopic (exact) mass is 497 g/mol. The number of benzene rings is 3. The molecule has 0 atom stereocenters. The van der Waals surface area contributed by atoms with Gasteiger partial charge in [-0.25, -0.2) is 9.18 Å². The molecule has 0 aliphatic carbocycles. The zero-order chi connectivity index (χ0) is 24.3. The Labute approximate surface area is 207 Å². The normalized spacial score (nSPS) is 11.0. The highest BCUT2D eigenvalue weighted by molar-refractivity contribution is 8.02. The minimum Gasteiger partial charge on any atom is -0.449 e. The van der Waals surface area contributed by atoms with E-state index in [1.54, 1.807) is 25.2 Å². The molecule has 3 aromatic carbocycles. The Hall–Kier alpha value is -3.43. The number of hydrogen-bond donors (Lipinski definition) is 1. The molecular weight excluding hydrogens is 473 g/mol. The second-order valence-electron chi connectivity index (χ2n) is 7.00. The van der Waals surface area contributed by atoms with Crippen LogP contribution in [-0.2, 0) is 0 Å². The fourth-order valence-electron chi connectivity index (χ4n) is 2.65. The van der Waals surface area contributed by atoms with E-state index in [1.807, 2.05) is 49.4 Å². The van der Waals surface area contributed by atoms with E-state index in [2.05, 4.69) is 17.0 Å². The lowest BCUT2D eigenvalue weighted by molar-refractivity contribution is 0.249. The van der Waals surface area contributed by atoms with E-state index in [1.165, 1.54) is 52.6 Å². The number of rotatable bonds is 10. The highest BCUT2D eigenvalue weighted by Crippen LogP contribution is 2.27. The van der Waals surface area contributed by atoms with Crippen LogP contribution in [0.1, 0.15) is 5.56 Å². The molecule has 0 radical (unpaired) electrons. The molecule has 0 aromatic heterocycles. The van der Waals surface area contributed by atoms with Crippen molar-refractivity contribution in [3.8, 4) is 11.5 Å². The molecule has 9 heteroatoms. The zero-order valence-electron chi connectivity index (χ0n) is 18.7. The Balaban J connectivity index is 1.52. The first kappa shape index (κ1) is 25.2. The number of aryl methyl sites for hydroxylation is 1. The summed E-state index contributed by atoms with van der Waals surface area (Å²) in [6, 6.07) is 20.7. The van der Waals surface area contributed by atoms with Gasteiger partial charge in [0.1, 0.15) is 17.3 Å². The van der Waals surface area contributed by atoms with Crippen molar-refractivity contribution < 1.29 is 18.1 Å². The number of aliphatic imine (C=N–C) groups is 1. The number of thioether (sulfide) groups is 1. The third kappa shape index (κ3) is 7.86. The molecule has 0 aliphatic heterocycles. The lowest BCUT2D eigenvalue weighted by atomic mass is 10.2. The number of amides is 2. The van der Waals surface area contributed by atoms with E-state index in [9.17, 15) is 9.18 Å². The molecule has 176 valence electrons. The molecule has 0 saturated heterocycles. The van der Waals surface area contributed by atoms with Crippen LogP contribution in [0.4, 0.5) is 14.9 Å². The number of ether oxygens (including phenoxy) is 1. The van der Waals surface area contributed by atoms with E-state index in [0.29, 0.717) is 22.3 Å². The van der Waals surface area contributed by atoms with E-state index >= 15 is 0 Å². The molecule has 0 unspecified atom stereocenters. The van der Waals surface area contributed by atoms with Gasteiger partial charge in [-0.15, -0.1) is 0 Å². The third-order valence-electron chi connectivity index (χ3n) is 4.41. The molecule has 3 rings (SSSR count). The Morgan fingerprint density at radius 1 is 1.12 bits per heavy atom. The van der Waals surface area contributed by atoms with Gasteiger partial charge in [-0.3, -0.25) is 9.89 Å². The van der Waals surface area contributed by atoms with Crippen LogP contribution in [-0.4, -0.2) is 25.7 Å². The number of anilines is 1. The van der Waals surface area contributed by atoms with Gasteiger partial charge in [0.05, 0.1) is 24.1 Å². The van der Waals surface area contributed by atoms with Crippen LogP contribution in [0.5, 0.6) is 11.5 Å². The average molecular weight is 498 g/mol. The third-order valence-corrected chi connectivity index (χ3v) is 5.92. The number of hydrogen-bond acceptors (Lipinski definition) is 6. The second kappa shape index (κ2) is 12.7. The zero-order valence-corrected chi connectivity index (χ0v) is 20.4. The predicted octanol–water partition coefficient (Wildman–Crippen LogP) is 6.64. The summed E-state index contributed by atoms with van der Waals surface area (Å²) >= 11 is 2.45. The first-order valence-electron chi connectivity index (χ1n) is 10.2. The van der Waals surface area contributed by atoms with Gasteiger partial charge in [-0.2, -0.15) is 0 Å². The first-order chi connectivity index (χ1) is 16.4.